The van der Waals surface area contributed by atoms with Gasteiger partial charge in [0.1, 0.15) is 18.3 Å². The van der Waals surface area contributed by atoms with Crippen molar-refractivity contribution in [1.29, 1.82) is 0 Å². The van der Waals surface area contributed by atoms with Gasteiger partial charge in [-0.25, -0.2) is 0 Å². The molecular formula is C22H26N2O6. The van der Waals surface area contributed by atoms with Crippen molar-refractivity contribution in [2.24, 2.45) is 5.16 Å². The minimum absolute atomic E-state index is 0.0263. The molecule has 2 aromatic carbocycles. The van der Waals surface area contributed by atoms with Crippen LogP contribution in [0.1, 0.15) is 24.3 Å². The number of hydrogen-bond acceptors (Lipinski definition) is 7. The molecule has 0 aliphatic carbocycles. The van der Waals surface area contributed by atoms with Crippen LogP contribution < -0.4 is 5.32 Å². The summed E-state index contributed by atoms with van der Waals surface area (Å²) in [5.74, 6) is -0.339. The van der Waals surface area contributed by atoms with E-state index >= 15 is 0 Å². The van der Waals surface area contributed by atoms with Crippen molar-refractivity contribution in [2.45, 2.75) is 44.2 Å². The summed E-state index contributed by atoms with van der Waals surface area (Å²) in [6.45, 7) is 1.59. The van der Waals surface area contributed by atoms with Gasteiger partial charge in [0.2, 0.25) is 5.91 Å². The van der Waals surface area contributed by atoms with E-state index in [9.17, 15) is 9.90 Å². The van der Waals surface area contributed by atoms with Crippen LogP contribution in [0.25, 0.3) is 0 Å². The maximum absolute atomic E-state index is 11.7. The number of hydrogen-bond donors (Lipinski definition) is 3. The molecule has 1 amide bonds. The average Bonchev–Trinajstić information content (AvgIpc) is 2.76. The molecule has 1 heterocycles. The Morgan fingerprint density at radius 2 is 1.90 bits per heavy atom. The lowest BCUT2D eigenvalue weighted by Crippen LogP contribution is -2.57. The summed E-state index contributed by atoms with van der Waals surface area (Å²) in [7, 11) is 0. The number of aliphatic hydroxyl groups excluding tert-OH is 1. The van der Waals surface area contributed by atoms with Crippen molar-refractivity contribution in [3.05, 3.63) is 71.8 Å². The Morgan fingerprint density at radius 1 is 1.23 bits per heavy atom. The smallest absolute Gasteiger partial charge is 0.217 e. The van der Waals surface area contributed by atoms with E-state index in [2.05, 4.69) is 10.5 Å². The molecule has 1 aliphatic rings. The molecule has 0 saturated carbocycles. The van der Waals surface area contributed by atoms with Crippen molar-refractivity contribution in [2.75, 3.05) is 6.61 Å². The fourth-order valence-electron chi connectivity index (χ4n) is 3.32. The zero-order valence-electron chi connectivity index (χ0n) is 16.6. The molecule has 8 heteroatoms. The summed E-state index contributed by atoms with van der Waals surface area (Å²) in [5, 5.41) is 25.5. The zero-order chi connectivity index (χ0) is 21.3. The van der Waals surface area contributed by atoms with Crippen LogP contribution in [0.5, 0.6) is 0 Å². The highest BCUT2D eigenvalue weighted by Gasteiger charge is 2.41. The minimum Gasteiger partial charge on any atom is -0.411 e. The molecule has 0 bridgehead atoms. The molecule has 3 N–H and O–H groups in total. The second-order valence-corrected chi connectivity index (χ2v) is 7.00. The second-order valence-electron chi connectivity index (χ2n) is 7.00. The Morgan fingerprint density at radius 3 is 2.53 bits per heavy atom. The van der Waals surface area contributed by atoms with E-state index in [4.69, 9.17) is 19.4 Å². The molecule has 1 saturated heterocycles. The Labute approximate surface area is 175 Å². The molecule has 3 rings (SSSR count). The highest BCUT2D eigenvalue weighted by Crippen LogP contribution is 2.30. The van der Waals surface area contributed by atoms with Crippen molar-refractivity contribution in [1.82, 2.24) is 5.32 Å². The fourth-order valence-corrected chi connectivity index (χ4v) is 3.32. The molecule has 1 fully saturated rings. The van der Waals surface area contributed by atoms with Crippen LogP contribution in [0, 0.1) is 0 Å². The predicted octanol–water partition coefficient (Wildman–Crippen LogP) is 2.01. The van der Waals surface area contributed by atoms with Crippen molar-refractivity contribution >= 4 is 12.1 Å². The molecule has 0 radical (unpaired) electrons. The van der Waals surface area contributed by atoms with Gasteiger partial charge in [-0.1, -0.05) is 65.8 Å². The molecule has 8 nitrogen and oxygen atoms in total. The van der Waals surface area contributed by atoms with Crippen LogP contribution >= 0.6 is 0 Å². The quantitative estimate of drug-likeness (QED) is 0.346. The van der Waals surface area contributed by atoms with Crippen molar-refractivity contribution in [3.63, 3.8) is 0 Å². The van der Waals surface area contributed by atoms with Gasteiger partial charge in [0.25, 0.3) is 0 Å². The van der Waals surface area contributed by atoms with Gasteiger partial charge in [-0.05, 0) is 5.56 Å². The number of nitrogens with one attached hydrogen (secondary N) is 1. The Hall–Kier alpha value is -2.78. The van der Waals surface area contributed by atoms with Gasteiger partial charge < -0.3 is 29.8 Å². The van der Waals surface area contributed by atoms with Gasteiger partial charge in [-0.2, -0.15) is 0 Å². The van der Waals surface area contributed by atoms with Crippen molar-refractivity contribution in [3.8, 4) is 0 Å². The van der Waals surface area contributed by atoms with Gasteiger partial charge >= 0.3 is 0 Å². The lowest BCUT2D eigenvalue weighted by molar-refractivity contribution is -0.281. The Bertz CT molecular complexity index is 817. The van der Waals surface area contributed by atoms with E-state index in [1.807, 2.05) is 60.7 Å². The van der Waals surface area contributed by atoms with Gasteiger partial charge in [0.05, 0.1) is 25.5 Å². The second kappa shape index (κ2) is 10.8. The highest BCUT2D eigenvalue weighted by molar-refractivity contribution is 5.78. The first-order valence-electron chi connectivity index (χ1n) is 9.68. The summed E-state index contributed by atoms with van der Waals surface area (Å²) >= 11 is 0. The molecule has 5 atom stereocenters. The molecule has 1 aliphatic heterocycles. The number of carbonyl (C=O) groups excluding carboxylic acids is 1. The molecule has 160 valence electrons. The number of carbonyl (C=O) groups is 1. The SMILES string of the molecule is CC(=O)N[C@@H](/C=N/O)[C@H](OCc1ccccc1)[C@@H]1O[C@H](c2ccccc2)OC[C@H]1O. The third kappa shape index (κ3) is 5.87. The van der Waals surface area contributed by atoms with Gasteiger partial charge in [0.15, 0.2) is 6.29 Å². The number of benzene rings is 2. The predicted molar refractivity (Wildman–Crippen MR) is 109 cm³/mol. The summed E-state index contributed by atoms with van der Waals surface area (Å²) in [4.78, 5) is 11.7. The number of ether oxygens (including phenoxy) is 3. The van der Waals surface area contributed by atoms with Crippen LogP contribution in [-0.4, -0.2) is 53.4 Å². The van der Waals surface area contributed by atoms with E-state index in [-0.39, 0.29) is 19.1 Å². The van der Waals surface area contributed by atoms with E-state index in [1.54, 1.807) is 0 Å². The number of oxime groups is 1. The molecule has 0 aromatic heterocycles. The zero-order valence-corrected chi connectivity index (χ0v) is 16.6. The van der Waals surface area contributed by atoms with E-state index in [0.29, 0.717) is 0 Å². The maximum Gasteiger partial charge on any atom is 0.217 e. The Kier molecular flexibility index (Phi) is 7.92. The first-order valence-corrected chi connectivity index (χ1v) is 9.68. The monoisotopic (exact) mass is 414 g/mol. The van der Waals surface area contributed by atoms with E-state index in [1.165, 1.54) is 6.92 Å². The number of amides is 1. The van der Waals surface area contributed by atoms with Crippen LogP contribution in [0.2, 0.25) is 0 Å². The normalized spacial score (nSPS) is 23.7. The lowest BCUT2D eigenvalue weighted by atomic mass is 9.99. The standard InChI is InChI=1S/C22H26N2O6/c1-15(25)24-18(12-23-27)20(28-13-16-8-4-2-5-9-16)21-19(26)14-29-22(30-21)17-10-6-3-7-11-17/h2-12,18-22,26-27H,13-14H2,1H3,(H,24,25)/b23-12+/t18-,19+,20-,21+,22+/m0/s1. The molecule has 30 heavy (non-hydrogen) atoms. The largest absolute Gasteiger partial charge is 0.411 e. The van der Waals surface area contributed by atoms with Crippen LogP contribution in [0.4, 0.5) is 0 Å². The van der Waals surface area contributed by atoms with Crippen LogP contribution in [0.3, 0.4) is 0 Å². The third-order valence-corrected chi connectivity index (χ3v) is 4.71. The molecule has 0 spiro atoms. The number of nitrogens with zero attached hydrogens (tertiary/aromatic N) is 1. The van der Waals surface area contributed by atoms with Crippen molar-refractivity contribution < 1.29 is 29.3 Å². The van der Waals surface area contributed by atoms with E-state index in [0.717, 1.165) is 17.3 Å². The van der Waals surface area contributed by atoms with Crippen LogP contribution in [0.15, 0.2) is 65.8 Å². The molecule has 0 unspecified atom stereocenters. The first kappa shape index (κ1) is 21.9. The fraction of sp³-hybridized carbons (Fsp3) is 0.364. The summed E-state index contributed by atoms with van der Waals surface area (Å²) in [5.41, 5.74) is 1.70. The summed E-state index contributed by atoms with van der Waals surface area (Å²) < 4.78 is 17.8. The average molecular weight is 414 g/mol. The third-order valence-electron chi connectivity index (χ3n) is 4.71. The lowest BCUT2D eigenvalue weighted by Gasteiger charge is -2.40. The summed E-state index contributed by atoms with van der Waals surface area (Å²) in [6.07, 6.45) is -2.24. The molecule has 2 aromatic rings. The minimum atomic E-state index is -1.01. The van der Waals surface area contributed by atoms with Crippen LogP contribution in [-0.2, 0) is 25.6 Å². The highest BCUT2D eigenvalue weighted by atomic mass is 16.7. The maximum atomic E-state index is 11.7. The van der Waals surface area contributed by atoms with Gasteiger partial charge in [-0.15, -0.1) is 0 Å². The number of rotatable bonds is 8. The Balaban J connectivity index is 1.84. The topological polar surface area (TPSA) is 110 Å². The van der Waals surface area contributed by atoms with Gasteiger partial charge in [0, 0.05) is 12.5 Å². The number of aliphatic hydroxyl groups is 1. The van der Waals surface area contributed by atoms with Gasteiger partial charge in [-0.3, -0.25) is 4.79 Å². The first-order chi connectivity index (χ1) is 14.6. The van der Waals surface area contributed by atoms with E-state index < -0.39 is 30.6 Å². The molecular weight excluding hydrogens is 388 g/mol. The summed E-state index contributed by atoms with van der Waals surface area (Å²) in [6, 6.07) is 18.0.